The minimum absolute atomic E-state index is 0. The summed E-state index contributed by atoms with van der Waals surface area (Å²) in [6, 6.07) is 27.8. The number of rotatable bonds is 4. The standard InChI is InChI=1S/C27H27Si.3ClH.Ti/c1-20-8-5-11-24(16-20)28(27-15-14-23(4)19-27,25-12-6-9-21(2)17-25)26-13-7-10-22(3)18-26;;;;/h5-14,16-18H,15H2,1-4H3;3*1H;/q;;;;+3/p-3. The summed E-state index contributed by atoms with van der Waals surface area (Å²) in [5.74, 6) is 0. The molecule has 1 aliphatic carbocycles. The second-order valence-electron chi connectivity index (χ2n) is 8.30. The molecule has 0 aromatic heterocycles. The van der Waals surface area contributed by atoms with Crippen LogP contribution in [0.1, 0.15) is 30.0 Å². The van der Waals surface area contributed by atoms with Gasteiger partial charge in [0.15, 0.2) is 0 Å². The Balaban J connectivity index is 0.00000171. The van der Waals surface area contributed by atoms with E-state index in [1.54, 1.807) is 5.20 Å². The molecule has 0 unspecified atom stereocenters. The number of aryl methyl sites for hydroxylation is 3. The molecule has 32 heavy (non-hydrogen) atoms. The zero-order valence-corrected chi connectivity index (χ0v) is 23.7. The number of halogens is 3. The molecule has 1 aliphatic rings. The molecular weight excluding hydrogens is 507 g/mol. The summed E-state index contributed by atoms with van der Waals surface area (Å²) in [6.07, 6.45) is 3.48. The van der Waals surface area contributed by atoms with Crippen LogP contribution < -0.4 is 52.8 Å². The van der Waals surface area contributed by atoms with E-state index in [4.69, 9.17) is 0 Å². The van der Waals surface area contributed by atoms with Crippen LogP contribution in [0, 0.1) is 20.8 Å². The van der Waals surface area contributed by atoms with E-state index in [1.165, 1.54) is 41.7 Å². The SMILES string of the molecule is CC1=CCC([Si](c2cccc(C)c2)(c2cccc(C)c2)c2cccc(C)c2)=[C]1[Ti+3].[Cl-].[Cl-].[Cl-]. The van der Waals surface area contributed by atoms with Crippen molar-refractivity contribution >= 4 is 23.6 Å². The van der Waals surface area contributed by atoms with Crippen molar-refractivity contribution < 1.29 is 57.7 Å². The molecule has 0 fully saturated rings. The predicted octanol–water partition coefficient (Wildman–Crippen LogP) is -4.22. The average molecular weight is 534 g/mol. The summed E-state index contributed by atoms with van der Waals surface area (Å²) in [4.78, 5) is 0. The van der Waals surface area contributed by atoms with Gasteiger partial charge >= 0.3 is 188 Å². The number of allylic oxidation sites excluding steroid dienone is 4. The first-order valence-corrected chi connectivity index (χ1v) is 13.0. The maximum Gasteiger partial charge on any atom is -1.00 e. The van der Waals surface area contributed by atoms with Gasteiger partial charge in [-0.1, -0.05) is 0 Å². The van der Waals surface area contributed by atoms with Crippen LogP contribution >= 0.6 is 0 Å². The third kappa shape index (κ3) is 5.20. The number of hydrogen-bond acceptors (Lipinski definition) is 0. The molecule has 164 valence electrons. The maximum absolute atomic E-state index is 2.44. The van der Waals surface area contributed by atoms with Gasteiger partial charge in [-0.2, -0.15) is 0 Å². The molecule has 0 saturated heterocycles. The maximum atomic E-state index is 2.44. The molecule has 3 aromatic rings. The van der Waals surface area contributed by atoms with Crippen molar-refractivity contribution in [2.45, 2.75) is 34.1 Å². The Morgan fingerprint density at radius 1 is 0.625 bits per heavy atom. The first-order valence-electron chi connectivity index (χ1n) is 10.3. The third-order valence-corrected chi connectivity index (χ3v) is 12.5. The Morgan fingerprint density at radius 2 is 1.00 bits per heavy atom. The minimum atomic E-state index is -2.36. The van der Waals surface area contributed by atoms with Gasteiger partial charge in [-0.15, -0.1) is 0 Å². The monoisotopic (exact) mass is 532 g/mol. The largest absolute Gasteiger partial charge is 1.00 e. The molecule has 0 aliphatic heterocycles. The summed E-state index contributed by atoms with van der Waals surface area (Å²) in [5.41, 5.74) is 5.44. The average Bonchev–Trinajstić information content (AvgIpc) is 3.02. The van der Waals surface area contributed by atoms with E-state index in [-0.39, 0.29) is 37.2 Å². The van der Waals surface area contributed by atoms with Gasteiger partial charge in [0.05, 0.1) is 0 Å². The van der Waals surface area contributed by atoms with Crippen molar-refractivity contribution in [1.29, 1.82) is 0 Å². The summed E-state index contributed by atoms with van der Waals surface area (Å²) in [5, 5.41) is 6.11. The fourth-order valence-electron chi connectivity index (χ4n) is 4.70. The Kier molecular flexibility index (Phi) is 10.8. The minimum Gasteiger partial charge on any atom is -1.00 e. The molecule has 5 heteroatoms. The van der Waals surface area contributed by atoms with Crippen molar-refractivity contribution in [2.24, 2.45) is 0 Å². The first-order chi connectivity index (χ1) is 13.9. The Morgan fingerprint density at radius 3 is 1.28 bits per heavy atom. The van der Waals surface area contributed by atoms with Gasteiger partial charge in [0.2, 0.25) is 0 Å². The molecule has 3 aromatic carbocycles. The smallest absolute Gasteiger partial charge is 1.00 e. The van der Waals surface area contributed by atoms with E-state index < -0.39 is 8.07 Å². The van der Waals surface area contributed by atoms with Crippen molar-refractivity contribution in [3.8, 4) is 0 Å². The van der Waals surface area contributed by atoms with Crippen molar-refractivity contribution in [3.63, 3.8) is 0 Å². The van der Waals surface area contributed by atoms with Gasteiger partial charge in [-0.3, -0.25) is 0 Å². The van der Waals surface area contributed by atoms with Crippen LogP contribution in [0.5, 0.6) is 0 Å². The predicted molar refractivity (Wildman–Crippen MR) is 124 cm³/mol. The number of hydrogen-bond donors (Lipinski definition) is 0. The summed E-state index contributed by atoms with van der Waals surface area (Å²) in [7, 11) is -2.36. The summed E-state index contributed by atoms with van der Waals surface area (Å²) < 4.78 is 1.49. The molecule has 0 spiro atoms. The second-order valence-corrected chi connectivity index (χ2v) is 12.9. The molecule has 0 radical (unpaired) electrons. The van der Waals surface area contributed by atoms with Gasteiger partial charge in [-0.05, 0) is 0 Å². The van der Waals surface area contributed by atoms with Crippen molar-refractivity contribution in [3.05, 3.63) is 110 Å². The fourth-order valence-corrected chi connectivity index (χ4v) is 11.3. The summed E-state index contributed by atoms with van der Waals surface area (Å²) >= 11 is 2.33. The van der Waals surface area contributed by atoms with E-state index in [2.05, 4.69) is 127 Å². The van der Waals surface area contributed by atoms with Gasteiger partial charge in [0.1, 0.15) is 0 Å². The molecule has 4 rings (SSSR count). The van der Waals surface area contributed by atoms with E-state index in [0.29, 0.717) is 0 Å². The molecule has 0 atom stereocenters. The van der Waals surface area contributed by atoms with Crippen LogP contribution in [0.15, 0.2) is 93.5 Å². The molecule has 0 bridgehead atoms. The second kappa shape index (κ2) is 11.9. The zero-order valence-electron chi connectivity index (χ0n) is 18.8. The van der Waals surface area contributed by atoms with Crippen LogP contribution in [-0.2, 0) is 20.4 Å². The van der Waals surface area contributed by atoms with Gasteiger partial charge < -0.3 is 37.2 Å². The molecular formula is C27H27Cl3SiTi. The van der Waals surface area contributed by atoms with Gasteiger partial charge in [0.25, 0.3) is 0 Å². The van der Waals surface area contributed by atoms with E-state index >= 15 is 0 Å². The number of benzene rings is 3. The molecule has 0 saturated carbocycles. The van der Waals surface area contributed by atoms with Crippen LogP contribution in [0.4, 0.5) is 0 Å². The first kappa shape index (κ1) is 29.0. The van der Waals surface area contributed by atoms with Crippen LogP contribution in [-0.4, -0.2) is 8.07 Å². The Labute approximate surface area is 224 Å². The molecule has 0 nitrogen and oxygen atoms in total. The Hall–Kier alpha value is -1.06. The van der Waals surface area contributed by atoms with Crippen LogP contribution in [0.2, 0.25) is 0 Å². The zero-order chi connectivity index (χ0) is 20.6. The van der Waals surface area contributed by atoms with Crippen LogP contribution in [0.25, 0.3) is 0 Å². The summed E-state index contributed by atoms with van der Waals surface area (Å²) in [6.45, 7) is 8.92. The van der Waals surface area contributed by atoms with Gasteiger partial charge in [0, 0.05) is 0 Å². The van der Waals surface area contributed by atoms with E-state index in [0.717, 1.165) is 6.42 Å². The van der Waals surface area contributed by atoms with Crippen molar-refractivity contribution in [1.82, 2.24) is 0 Å². The molecule has 0 amide bonds. The topological polar surface area (TPSA) is 0 Å². The Bertz CT molecular complexity index is 1040. The van der Waals surface area contributed by atoms with E-state index in [1.807, 2.05) is 0 Å². The normalized spacial score (nSPS) is 13.0. The third-order valence-electron chi connectivity index (χ3n) is 6.11. The van der Waals surface area contributed by atoms with Gasteiger partial charge in [-0.25, -0.2) is 0 Å². The fraction of sp³-hybridized carbons (Fsp3) is 0.185. The van der Waals surface area contributed by atoms with E-state index in [9.17, 15) is 0 Å². The molecule has 0 N–H and O–H groups in total. The quantitative estimate of drug-likeness (QED) is 0.236. The molecule has 0 heterocycles. The van der Waals surface area contributed by atoms with Crippen LogP contribution in [0.3, 0.4) is 0 Å². The van der Waals surface area contributed by atoms with Crippen molar-refractivity contribution in [2.75, 3.05) is 0 Å².